The molecule has 4 aromatic carbocycles. The van der Waals surface area contributed by atoms with Gasteiger partial charge in [-0.1, -0.05) is 83.1 Å². The minimum atomic E-state index is -4.12. The summed E-state index contributed by atoms with van der Waals surface area (Å²) >= 11 is 0. The number of para-hydroxylation sites is 1. The number of hydrogen-bond donors (Lipinski definition) is 3. The van der Waals surface area contributed by atoms with Crippen molar-refractivity contribution >= 4 is 58.9 Å². The van der Waals surface area contributed by atoms with E-state index in [1.165, 1.54) is 12.1 Å². The van der Waals surface area contributed by atoms with Crippen LogP contribution in [0.25, 0.3) is 27.5 Å². The first-order chi connectivity index (χ1) is 23.8. The van der Waals surface area contributed by atoms with Gasteiger partial charge in [0.25, 0.3) is 15.6 Å². The number of ether oxygens (including phenoxy) is 1. The maximum absolute atomic E-state index is 14.2. The molecule has 4 aromatic rings. The number of fused-ring (bicyclic) bond motifs is 3. The first kappa shape index (κ1) is 34.2. The second-order valence-corrected chi connectivity index (χ2v) is 18.2. The number of rotatable bonds is 6. The van der Waals surface area contributed by atoms with E-state index in [-0.39, 0.29) is 70.6 Å². The Labute approximate surface area is 294 Å². The fourth-order valence-electron chi connectivity index (χ4n) is 7.32. The summed E-state index contributed by atoms with van der Waals surface area (Å²) in [6.45, 7) is 10.9. The van der Waals surface area contributed by atoms with Crippen LogP contribution in [0.3, 0.4) is 0 Å². The molecule has 262 valence electrons. The molecule has 51 heavy (non-hydrogen) atoms. The Bertz CT molecular complexity index is 2870. The Balaban J connectivity index is 1.57. The Hall–Kier alpha value is -5.27. The summed E-state index contributed by atoms with van der Waals surface area (Å²) < 4.78 is 63.5. The molecule has 0 saturated carbocycles. The van der Waals surface area contributed by atoms with Gasteiger partial charge in [0, 0.05) is 21.9 Å². The van der Waals surface area contributed by atoms with Crippen molar-refractivity contribution in [2.24, 2.45) is 5.41 Å². The van der Waals surface area contributed by atoms with Crippen LogP contribution in [-0.2, 0) is 25.5 Å². The Kier molecular flexibility index (Phi) is 7.80. The topological polar surface area (TPSA) is 161 Å². The first-order valence-corrected chi connectivity index (χ1v) is 19.6. The van der Waals surface area contributed by atoms with Gasteiger partial charge in [0.2, 0.25) is 10.0 Å². The Morgan fingerprint density at radius 1 is 0.843 bits per heavy atom. The van der Waals surface area contributed by atoms with E-state index in [0.717, 1.165) is 18.2 Å². The largest absolute Gasteiger partial charge is 0.455 e. The third-order valence-electron chi connectivity index (χ3n) is 8.91. The van der Waals surface area contributed by atoms with Crippen LogP contribution in [0.4, 0.5) is 11.4 Å². The van der Waals surface area contributed by atoms with Crippen molar-refractivity contribution in [3.8, 4) is 11.5 Å². The zero-order valence-corrected chi connectivity index (χ0v) is 30.5. The van der Waals surface area contributed by atoms with Crippen LogP contribution in [0.15, 0.2) is 93.3 Å². The van der Waals surface area contributed by atoms with Gasteiger partial charge in [-0.25, -0.2) is 21.8 Å². The molecule has 0 bridgehead atoms. The van der Waals surface area contributed by atoms with Crippen LogP contribution in [-0.4, -0.2) is 28.1 Å². The van der Waals surface area contributed by atoms with E-state index in [1.54, 1.807) is 54.6 Å². The number of benzene rings is 4. The lowest BCUT2D eigenvalue weighted by Gasteiger charge is -2.33. The van der Waals surface area contributed by atoms with Gasteiger partial charge in [0.05, 0.1) is 28.2 Å². The van der Waals surface area contributed by atoms with Crippen LogP contribution in [0.1, 0.15) is 46.6 Å². The lowest BCUT2D eigenvalue weighted by molar-refractivity contribution is 0.284. The van der Waals surface area contributed by atoms with Crippen LogP contribution < -0.4 is 35.7 Å². The summed E-state index contributed by atoms with van der Waals surface area (Å²) in [7, 11) is -8.05. The molecule has 0 radical (unpaired) electrons. The van der Waals surface area contributed by atoms with Crippen molar-refractivity contribution in [1.82, 2.24) is 9.71 Å². The molecule has 3 N–H and O–H groups in total. The van der Waals surface area contributed by atoms with Crippen molar-refractivity contribution in [2.45, 2.75) is 51.3 Å². The number of hydrogen-bond acceptors (Lipinski definition) is 9. The monoisotopic (exact) mass is 724 g/mol. The van der Waals surface area contributed by atoms with Gasteiger partial charge < -0.3 is 10.1 Å². The SMILES string of the molecule is CC(C)(C)CC(C)(C)c1ccc(Oc2cc(NS(C)(=O)=O)c3c4c2nc(=O)c(=C2Nc5ccccc5S(=O)(=O)N2)c=4c2ccccc2c3=O)cc1. The van der Waals surface area contributed by atoms with Crippen LogP contribution in [0, 0.1) is 15.9 Å². The molecular weight excluding hydrogens is 689 g/mol. The number of nitrogens with one attached hydrogen (secondary N) is 3. The van der Waals surface area contributed by atoms with Gasteiger partial charge in [0.1, 0.15) is 22.0 Å². The van der Waals surface area contributed by atoms with Gasteiger partial charge in [-0.15, -0.1) is 0 Å². The molecule has 0 fully saturated rings. The average molecular weight is 725 g/mol. The fraction of sp³-hybridized carbons (Fsp3) is 0.237. The smallest absolute Gasteiger partial charge is 0.282 e. The highest BCUT2D eigenvalue weighted by molar-refractivity contribution is 7.92. The van der Waals surface area contributed by atoms with Crippen LogP contribution >= 0.6 is 0 Å². The summed E-state index contributed by atoms with van der Waals surface area (Å²) in [4.78, 5) is 32.8. The van der Waals surface area contributed by atoms with E-state index in [0.29, 0.717) is 11.1 Å². The van der Waals surface area contributed by atoms with Crippen LogP contribution in [0.2, 0.25) is 0 Å². The van der Waals surface area contributed by atoms with Gasteiger partial charge in [-0.2, -0.15) is 0 Å². The third kappa shape index (κ3) is 6.20. The predicted octanol–water partition coefficient (Wildman–Crippen LogP) is 5.34. The highest BCUT2D eigenvalue weighted by atomic mass is 32.2. The summed E-state index contributed by atoms with van der Waals surface area (Å²) in [6.07, 6.45) is 1.89. The molecule has 0 aromatic heterocycles. The molecule has 7 rings (SSSR count). The predicted molar refractivity (Wildman–Crippen MR) is 199 cm³/mol. The molecule has 2 aliphatic heterocycles. The third-order valence-corrected chi connectivity index (χ3v) is 10.9. The van der Waals surface area contributed by atoms with Crippen molar-refractivity contribution in [3.63, 3.8) is 0 Å². The van der Waals surface area contributed by atoms with Crippen molar-refractivity contribution < 1.29 is 21.6 Å². The molecular formula is C38H36N4O7S2. The normalized spacial score (nSPS) is 15.7. The van der Waals surface area contributed by atoms with Crippen molar-refractivity contribution in [3.05, 3.63) is 121 Å². The quantitative estimate of drug-likeness (QED) is 0.206. The zero-order chi connectivity index (χ0) is 36.7. The average Bonchev–Trinajstić information content (AvgIpc) is 3.02. The van der Waals surface area contributed by atoms with Crippen molar-refractivity contribution in [2.75, 3.05) is 16.3 Å². The molecule has 2 heterocycles. The van der Waals surface area contributed by atoms with E-state index < -0.39 is 31.0 Å². The number of sulfonamides is 2. The first-order valence-electron chi connectivity index (χ1n) is 16.2. The molecule has 13 heteroatoms. The van der Waals surface area contributed by atoms with Gasteiger partial charge >= 0.3 is 0 Å². The van der Waals surface area contributed by atoms with E-state index in [2.05, 4.69) is 54.4 Å². The van der Waals surface area contributed by atoms with Gasteiger partial charge in [-0.05, 0) is 52.5 Å². The highest BCUT2D eigenvalue weighted by Gasteiger charge is 2.29. The van der Waals surface area contributed by atoms with E-state index in [9.17, 15) is 26.4 Å². The van der Waals surface area contributed by atoms with Gasteiger partial charge in [0.15, 0.2) is 11.2 Å². The molecule has 0 spiro atoms. The lowest BCUT2D eigenvalue weighted by Crippen LogP contribution is -2.42. The summed E-state index contributed by atoms with van der Waals surface area (Å²) in [5, 5.41) is 3.70. The minimum Gasteiger partial charge on any atom is -0.455 e. The molecule has 0 atom stereocenters. The summed E-state index contributed by atoms with van der Waals surface area (Å²) in [5.41, 5.74) is -0.0983. The highest BCUT2D eigenvalue weighted by Crippen LogP contribution is 2.39. The van der Waals surface area contributed by atoms with E-state index in [1.807, 2.05) is 12.1 Å². The minimum absolute atomic E-state index is 0.00691. The van der Waals surface area contributed by atoms with Crippen LogP contribution in [0.5, 0.6) is 11.5 Å². The maximum Gasteiger partial charge on any atom is 0.282 e. The number of aromatic nitrogens is 1. The molecule has 1 aliphatic carbocycles. The summed E-state index contributed by atoms with van der Waals surface area (Å²) in [5.74, 6) is 0.253. The maximum atomic E-state index is 14.2. The molecule has 3 aliphatic rings. The van der Waals surface area contributed by atoms with Gasteiger partial charge in [-0.3, -0.25) is 19.0 Å². The zero-order valence-electron chi connectivity index (χ0n) is 28.8. The fourth-order valence-corrected chi connectivity index (χ4v) is 9.08. The molecule has 11 nitrogen and oxygen atoms in total. The standard InChI is InChI=1S/C38H36N4O7S2/c1-37(2,3)20-38(4,5)21-15-17-22(18-16-21)49-27-19-26(41-50(6,45)46)30-31-29(23-11-7-8-12-24(23)34(30)43)32(36(44)40-33(27)31)35-39-25-13-9-10-14-28(25)51(47,48)42-35/h7-19,39,41-42H,20H2,1-6H3. The number of nitrogens with zero attached hydrogens (tertiary/aromatic N) is 1. The Morgan fingerprint density at radius 2 is 1.49 bits per heavy atom. The van der Waals surface area contributed by atoms with E-state index in [4.69, 9.17) is 4.74 Å². The lowest BCUT2D eigenvalue weighted by atomic mass is 9.72. The Morgan fingerprint density at radius 3 is 2.16 bits per heavy atom. The molecule has 0 unspecified atom stereocenters. The molecule has 0 amide bonds. The molecule has 0 saturated heterocycles. The number of anilines is 2. The second kappa shape index (κ2) is 11.6. The van der Waals surface area contributed by atoms with Crippen molar-refractivity contribution in [1.29, 1.82) is 0 Å². The second-order valence-electron chi connectivity index (χ2n) is 14.8. The summed E-state index contributed by atoms with van der Waals surface area (Å²) in [6, 6.07) is 21.6. The van der Waals surface area contributed by atoms with E-state index >= 15 is 0 Å².